The first-order valence-corrected chi connectivity index (χ1v) is 7.55. The van der Waals surface area contributed by atoms with Crippen LogP contribution in [0.4, 0.5) is 0 Å². The summed E-state index contributed by atoms with van der Waals surface area (Å²) in [6.07, 6.45) is 1.81. The molecule has 120 valence electrons. The van der Waals surface area contributed by atoms with E-state index < -0.39 is 0 Å². The molecule has 0 heterocycles. The van der Waals surface area contributed by atoms with Gasteiger partial charge in [0.25, 0.3) is 0 Å². The van der Waals surface area contributed by atoms with Gasteiger partial charge in [0.1, 0.15) is 6.61 Å². The number of methoxy groups -OCH3 is 1. The summed E-state index contributed by atoms with van der Waals surface area (Å²) < 4.78 is 16.8. The molecule has 0 aromatic heterocycles. The minimum atomic E-state index is -0.145. The van der Waals surface area contributed by atoms with Gasteiger partial charge in [-0.3, -0.25) is 0 Å². The van der Waals surface area contributed by atoms with Crippen LogP contribution in [0.1, 0.15) is 39.7 Å². The van der Waals surface area contributed by atoms with Crippen LogP contribution >= 0.6 is 0 Å². The van der Waals surface area contributed by atoms with Crippen molar-refractivity contribution in [2.75, 3.05) is 20.3 Å². The molecule has 0 aliphatic carbocycles. The topological polar surface area (TPSA) is 53.7 Å². The lowest BCUT2D eigenvalue weighted by Gasteiger charge is -2.20. The van der Waals surface area contributed by atoms with Crippen LogP contribution in [-0.2, 0) is 11.2 Å². The number of hydrogen-bond donors (Lipinski definition) is 1. The van der Waals surface area contributed by atoms with E-state index >= 15 is 0 Å². The molecule has 4 nitrogen and oxygen atoms in total. The van der Waals surface area contributed by atoms with Gasteiger partial charge < -0.3 is 19.9 Å². The zero-order valence-corrected chi connectivity index (χ0v) is 13.9. The summed E-state index contributed by atoms with van der Waals surface area (Å²) in [7, 11) is 1.65. The van der Waals surface area contributed by atoms with E-state index in [9.17, 15) is 0 Å². The Bertz CT molecular complexity index is 427. The van der Waals surface area contributed by atoms with Crippen molar-refractivity contribution in [3.05, 3.63) is 23.8 Å². The largest absolute Gasteiger partial charge is 0.493 e. The van der Waals surface area contributed by atoms with Gasteiger partial charge in [-0.25, -0.2) is 0 Å². The zero-order chi connectivity index (χ0) is 15.9. The van der Waals surface area contributed by atoms with Gasteiger partial charge in [0.15, 0.2) is 11.5 Å². The smallest absolute Gasteiger partial charge is 0.161 e. The Hall–Kier alpha value is -1.26. The predicted octanol–water partition coefficient (Wildman–Crippen LogP) is 3.17. The molecule has 1 aromatic rings. The number of nitrogens with two attached hydrogens (primary N) is 1. The maximum atomic E-state index is 5.98. The van der Waals surface area contributed by atoms with E-state index in [0.29, 0.717) is 13.2 Å². The fourth-order valence-corrected chi connectivity index (χ4v) is 1.90. The van der Waals surface area contributed by atoms with Crippen LogP contribution in [0.5, 0.6) is 11.5 Å². The second kappa shape index (κ2) is 8.25. The molecule has 0 bridgehead atoms. The Morgan fingerprint density at radius 3 is 2.43 bits per heavy atom. The molecule has 1 atom stereocenters. The first kappa shape index (κ1) is 17.8. The molecule has 0 aliphatic heterocycles. The van der Waals surface area contributed by atoms with Crippen molar-refractivity contribution in [3.63, 3.8) is 0 Å². The summed E-state index contributed by atoms with van der Waals surface area (Å²) >= 11 is 0. The van der Waals surface area contributed by atoms with Gasteiger partial charge in [0.05, 0.1) is 19.3 Å². The Balaban J connectivity index is 2.58. The van der Waals surface area contributed by atoms with Crippen molar-refractivity contribution in [3.8, 4) is 11.5 Å². The van der Waals surface area contributed by atoms with Crippen molar-refractivity contribution in [1.29, 1.82) is 0 Å². The minimum Gasteiger partial charge on any atom is -0.493 e. The maximum absolute atomic E-state index is 5.98. The van der Waals surface area contributed by atoms with E-state index in [1.807, 2.05) is 39.0 Å². The predicted molar refractivity (Wildman–Crippen MR) is 86.2 cm³/mol. The highest BCUT2D eigenvalue weighted by atomic mass is 16.5. The molecule has 0 saturated carbocycles. The molecule has 0 saturated heterocycles. The van der Waals surface area contributed by atoms with Gasteiger partial charge in [0.2, 0.25) is 0 Å². The molecule has 2 N–H and O–H groups in total. The van der Waals surface area contributed by atoms with E-state index in [2.05, 4.69) is 6.92 Å². The third-order valence-electron chi connectivity index (χ3n) is 3.13. The lowest BCUT2D eigenvalue weighted by atomic mass is 10.0. The Morgan fingerprint density at radius 1 is 1.14 bits per heavy atom. The fraction of sp³-hybridized carbons (Fsp3) is 0.647. The second-order valence-corrected chi connectivity index (χ2v) is 6.17. The lowest BCUT2D eigenvalue weighted by molar-refractivity contribution is -0.0165. The second-order valence-electron chi connectivity index (χ2n) is 6.17. The first-order chi connectivity index (χ1) is 9.85. The summed E-state index contributed by atoms with van der Waals surface area (Å²) in [6.45, 7) is 9.23. The van der Waals surface area contributed by atoms with E-state index in [1.54, 1.807) is 7.11 Å². The molecule has 0 fully saturated rings. The Labute approximate surface area is 128 Å². The zero-order valence-electron chi connectivity index (χ0n) is 13.9. The van der Waals surface area contributed by atoms with Crippen molar-refractivity contribution < 1.29 is 14.2 Å². The van der Waals surface area contributed by atoms with Crippen molar-refractivity contribution in [1.82, 2.24) is 0 Å². The van der Waals surface area contributed by atoms with Crippen molar-refractivity contribution >= 4 is 0 Å². The van der Waals surface area contributed by atoms with Gasteiger partial charge in [-0.1, -0.05) is 13.0 Å². The number of benzene rings is 1. The standard InChI is InChI=1S/C17H29NO3/c1-6-14(18)11-13-7-8-15(16(12-13)19-5)20-9-10-21-17(2,3)4/h7-8,12,14H,6,9-11,18H2,1-5H3. The highest BCUT2D eigenvalue weighted by molar-refractivity contribution is 5.43. The van der Waals surface area contributed by atoms with Gasteiger partial charge >= 0.3 is 0 Å². The number of hydrogen-bond acceptors (Lipinski definition) is 4. The highest BCUT2D eigenvalue weighted by Crippen LogP contribution is 2.28. The summed E-state index contributed by atoms with van der Waals surface area (Å²) in [5, 5.41) is 0. The average molecular weight is 295 g/mol. The normalized spacial score (nSPS) is 13.0. The van der Waals surface area contributed by atoms with Crippen LogP contribution in [-0.4, -0.2) is 32.0 Å². The lowest BCUT2D eigenvalue weighted by Crippen LogP contribution is -2.22. The first-order valence-electron chi connectivity index (χ1n) is 7.55. The van der Waals surface area contributed by atoms with Crippen LogP contribution in [0.3, 0.4) is 0 Å². The van der Waals surface area contributed by atoms with Gasteiger partial charge in [-0.15, -0.1) is 0 Å². The summed E-state index contributed by atoms with van der Waals surface area (Å²) in [6, 6.07) is 6.16. The molecule has 1 aromatic carbocycles. The molecular formula is C17H29NO3. The maximum Gasteiger partial charge on any atom is 0.161 e. The average Bonchev–Trinajstić information content (AvgIpc) is 2.43. The van der Waals surface area contributed by atoms with Crippen LogP contribution in [0, 0.1) is 0 Å². The third kappa shape index (κ3) is 6.82. The molecule has 1 rings (SSSR count). The molecule has 1 unspecified atom stereocenters. The van der Waals surface area contributed by atoms with Crippen molar-refractivity contribution in [2.24, 2.45) is 5.73 Å². The molecule has 21 heavy (non-hydrogen) atoms. The summed E-state index contributed by atoms with van der Waals surface area (Å²) in [5.74, 6) is 1.48. The highest BCUT2D eigenvalue weighted by Gasteiger charge is 2.11. The molecule has 0 amide bonds. The van der Waals surface area contributed by atoms with E-state index in [0.717, 1.165) is 24.3 Å². The fourth-order valence-electron chi connectivity index (χ4n) is 1.90. The van der Waals surface area contributed by atoms with E-state index in [4.69, 9.17) is 19.9 Å². The molecule has 0 aliphatic rings. The van der Waals surface area contributed by atoms with Crippen LogP contribution in [0.2, 0.25) is 0 Å². The third-order valence-corrected chi connectivity index (χ3v) is 3.13. The van der Waals surface area contributed by atoms with E-state index in [-0.39, 0.29) is 11.6 Å². The number of rotatable bonds is 8. The number of ether oxygens (including phenoxy) is 3. The molecular weight excluding hydrogens is 266 g/mol. The monoisotopic (exact) mass is 295 g/mol. The molecule has 0 spiro atoms. The van der Waals surface area contributed by atoms with Crippen LogP contribution < -0.4 is 15.2 Å². The van der Waals surface area contributed by atoms with Gasteiger partial charge in [-0.05, 0) is 51.3 Å². The quantitative estimate of drug-likeness (QED) is 0.748. The molecule has 4 heteroatoms. The van der Waals surface area contributed by atoms with Gasteiger partial charge in [-0.2, -0.15) is 0 Å². The molecule has 0 radical (unpaired) electrons. The Kier molecular flexibility index (Phi) is 6.99. The van der Waals surface area contributed by atoms with Crippen LogP contribution in [0.15, 0.2) is 18.2 Å². The Morgan fingerprint density at radius 2 is 1.86 bits per heavy atom. The van der Waals surface area contributed by atoms with E-state index in [1.165, 1.54) is 5.56 Å². The summed E-state index contributed by atoms with van der Waals surface area (Å²) in [5.41, 5.74) is 7.01. The van der Waals surface area contributed by atoms with Crippen molar-refractivity contribution in [2.45, 2.75) is 52.2 Å². The summed E-state index contributed by atoms with van der Waals surface area (Å²) in [4.78, 5) is 0. The SMILES string of the molecule is CCC(N)Cc1ccc(OCCOC(C)(C)C)c(OC)c1. The van der Waals surface area contributed by atoms with Crippen LogP contribution in [0.25, 0.3) is 0 Å². The minimum absolute atomic E-state index is 0.145. The van der Waals surface area contributed by atoms with Gasteiger partial charge in [0, 0.05) is 6.04 Å².